The van der Waals surface area contributed by atoms with Gasteiger partial charge < -0.3 is 20.1 Å². The summed E-state index contributed by atoms with van der Waals surface area (Å²) in [5, 5.41) is 7.14. The number of furan rings is 1. The molecule has 0 aromatic carbocycles. The third-order valence-corrected chi connectivity index (χ3v) is 5.77. The molecule has 4 amide bonds. The van der Waals surface area contributed by atoms with E-state index in [2.05, 4.69) is 15.4 Å². The highest BCUT2D eigenvalue weighted by molar-refractivity contribution is 6.39. The van der Waals surface area contributed by atoms with Gasteiger partial charge in [-0.2, -0.15) is 5.32 Å². The van der Waals surface area contributed by atoms with Crippen molar-refractivity contribution in [3.05, 3.63) is 29.7 Å². The number of nitrogens with one attached hydrogen (secondary N) is 2. The minimum absolute atomic E-state index is 0.00326. The van der Waals surface area contributed by atoms with Gasteiger partial charge >= 0.3 is 11.7 Å². The molecule has 1 unspecified atom stereocenters. The lowest BCUT2D eigenvalue weighted by Gasteiger charge is -2.41. The first-order valence-electron chi connectivity index (χ1n) is 11.3. The summed E-state index contributed by atoms with van der Waals surface area (Å²) >= 11 is 0. The molecule has 0 bridgehead atoms. The van der Waals surface area contributed by atoms with Crippen LogP contribution in [-0.4, -0.2) is 68.7 Å². The predicted octanol–water partition coefficient (Wildman–Crippen LogP) is 0.656. The molecule has 2 aliphatic heterocycles. The summed E-state index contributed by atoms with van der Waals surface area (Å²) in [6.07, 6.45) is 2.67. The number of Topliss-reactive ketones (excluding diaryl/α,β-unsaturated/α-hetero) is 1. The number of rotatable bonds is 7. The maximum absolute atomic E-state index is 13.4. The van der Waals surface area contributed by atoms with Gasteiger partial charge in [-0.05, 0) is 43.7 Å². The molecule has 2 N–H and O–H groups in total. The SMILES string of the molecule is CC(C)CCC(=O)C(=[N+]=[N-])NC(=O)[C@@H]1CCCN2C(=O)CCC(NC(=O)c3ccco3)C(=O)N12. The Labute approximate surface area is 196 Å². The Balaban J connectivity index is 1.78. The fourth-order valence-electron chi connectivity index (χ4n) is 3.93. The number of carbonyl (C=O) groups excluding carboxylic acids is 5. The van der Waals surface area contributed by atoms with Crippen molar-refractivity contribution >= 4 is 35.2 Å². The zero-order valence-electron chi connectivity index (χ0n) is 19.2. The van der Waals surface area contributed by atoms with Gasteiger partial charge in [0, 0.05) is 19.4 Å². The molecule has 3 rings (SSSR count). The number of amidine groups is 1. The normalized spacial score (nSPS) is 20.3. The monoisotopic (exact) mass is 472 g/mol. The van der Waals surface area contributed by atoms with Crippen molar-refractivity contribution in [2.45, 2.75) is 64.5 Å². The first-order chi connectivity index (χ1) is 16.2. The topological polar surface area (TPSA) is 165 Å². The van der Waals surface area contributed by atoms with Crippen molar-refractivity contribution < 1.29 is 33.2 Å². The average Bonchev–Trinajstić information content (AvgIpc) is 3.33. The van der Waals surface area contributed by atoms with Crippen LogP contribution in [0.3, 0.4) is 0 Å². The van der Waals surface area contributed by atoms with Gasteiger partial charge in [0.1, 0.15) is 6.04 Å². The second kappa shape index (κ2) is 10.9. The number of hydrazine groups is 1. The second-order valence-corrected chi connectivity index (χ2v) is 8.69. The van der Waals surface area contributed by atoms with Crippen LogP contribution in [-0.2, 0) is 19.2 Å². The van der Waals surface area contributed by atoms with Crippen molar-refractivity contribution in [3.63, 3.8) is 0 Å². The van der Waals surface area contributed by atoms with Crippen molar-refractivity contribution in [2.24, 2.45) is 5.92 Å². The van der Waals surface area contributed by atoms with Crippen LogP contribution in [0, 0.1) is 5.92 Å². The van der Waals surface area contributed by atoms with Gasteiger partial charge in [0.15, 0.2) is 11.8 Å². The van der Waals surface area contributed by atoms with Gasteiger partial charge in [0.05, 0.1) is 6.26 Å². The predicted molar refractivity (Wildman–Crippen MR) is 117 cm³/mol. The van der Waals surface area contributed by atoms with Crippen molar-refractivity contribution in [3.8, 4) is 0 Å². The number of nitrogens with zero attached hydrogens (tertiary/aromatic N) is 4. The fourth-order valence-corrected chi connectivity index (χ4v) is 3.93. The Hall–Kier alpha value is -3.79. The number of hydrogen-bond donors (Lipinski definition) is 2. The van der Waals surface area contributed by atoms with E-state index in [0.717, 1.165) is 5.01 Å². The van der Waals surface area contributed by atoms with E-state index in [0.29, 0.717) is 12.8 Å². The molecule has 0 aliphatic carbocycles. The lowest BCUT2D eigenvalue weighted by atomic mass is 10.0. The molecular weight excluding hydrogens is 444 g/mol. The van der Waals surface area contributed by atoms with E-state index in [-0.39, 0.29) is 49.8 Å². The van der Waals surface area contributed by atoms with E-state index in [9.17, 15) is 29.5 Å². The summed E-state index contributed by atoms with van der Waals surface area (Å²) in [4.78, 5) is 66.8. The number of hydrogen-bond acceptors (Lipinski definition) is 6. The molecule has 1 aromatic heterocycles. The molecule has 3 heterocycles. The first-order valence-corrected chi connectivity index (χ1v) is 11.3. The Kier molecular flexibility index (Phi) is 7.95. The molecule has 0 saturated carbocycles. The molecule has 2 saturated heterocycles. The summed E-state index contributed by atoms with van der Waals surface area (Å²) in [6, 6.07) is 0.791. The van der Waals surface area contributed by atoms with Crippen molar-refractivity contribution in [1.82, 2.24) is 20.7 Å². The first kappa shape index (κ1) is 24.8. The number of amides is 4. The minimum atomic E-state index is -1.12. The average molecular weight is 473 g/mol. The smallest absolute Gasteiger partial charge is 0.403 e. The maximum atomic E-state index is 13.4. The molecule has 34 heavy (non-hydrogen) atoms. The van der Waals surface area contributed by atoms with Gasteiger partial charge in [-0.15, -0.1) is 0 Å². The third kappa shape index (κ3) is 5.57. The summed E-state index contributed by atoms with van der Waals surface area (Å²) < 4.78 is 5.06. The highest BCUT2D eigenvalue weighted by Gasteiger charge is 2.46. The lowest BCUT2D eigenvalue weighted by Crippen LogP contribution is -2.64. The molecule has 12 nitrogen and oxygen atoms in total. The van der Waals surface area contributed by atoms with Crippen molar-refractivity contribution in [1.29, 1.82) is 0 Å². The molecule has 182 valence electrons. The van der Waals surface area contributed by atoms with Crippen molar-refractivity contribution in [2.75, 3.05) is 6.54 Å². The molecular formula is C22H28N6O6. The molecule has 1 aromatic rings. The van der Waals surface area contributed by atoms with E-state index in [4.69, 9.17) is 4.42 Å². The number of fused-ring (bicyclic) bond motifs is 1. The van der Waals surface area contributed by atoms with Crippen LogP contribution >= 0.6 is 0 Å². The third-order valence-electron chi connectivity index (χ3n) is 5.77. The zero-order valence-corrected chi connectivity index (χ0v) is 19.2. The van der Waals surface area contributed by atoms with E-state index >= 15 is 0 Å². The Morgan fingerprint density at radius 1 is 1.26 bits per heavy atom. The van der Waals surface area contributed by atoms with Crippen LogP contribution in [0.25, 0.3) is 5.53 Å². The van der Waals surface area contributed by atoms with E-state index < -0.39 is 41.4 Å². The van der Waals surface area contributed by atoms with Gasteiger partial charge in [0.2, 0.25) is 5.91 Å². The fraction of sp³-hybridized carbons (Fsp3) is 0.545. The van der Waals surface area contributed by atoms with Gasteiger partial charge in [0.25, 0.3) is 17.6 Å². The number of ketones is 1. The summed E-state index contributed by atoms with van der Waals surface area (Å²) in [7, 11) is 0. The molecule has 2 fully saturated rings. The number of carbonyl (C=O) groups is 5. The van der Waals surface area contributed by atoms with E-state index in [1.807, 2.05) is 13.8 Å². The molecule has 0 spiro atoms. The standard InChI is InChI=1S/C22H28N6O6/c1-13(2)7-9-16(29)19(26-23)25-20(31)15-5-3-11-27-18(30)10-8-14(22(33)28(15)27)24-21(32)17-6-4-12-34-17/h4,6,12-15H,3,5,7-11H2,1-2H3,(H,24,32)(H,25,31)/t14?,15-/m0/s1. The van der Waals surface area contributed by atoms with E-state index in [1.54, 1.807) is 0 Å². The molecule has 12 heteroatoms. The zero-order chi connectivity index (χ0) is 24.8. The Bertz CT molecular complexity index is 1010. The minimum Gasteiger partial charge on any atom is -0.497 e. The maximum Gasteiger partial charge on any atom is 0.403 e. The Morgan fingerprint density at radius 3 is 2.68 bits per heavy atom. The largest absolute Gasteiger partial charge is 0.497 e. The quantitative estimate of drug-likeness (QED) is 0.256. The lowest BCUT2D eigenvalue weighted by molar-refractivity contribution is -0.175. The molecule has 2 aliphatic rings. The van der Waals surface area contributed by atoms with Crippen LogP contribution in [0.5, 0.6) is 0 Å². The Morgan fingerprint density at radius 2 is 2.03 bits per heavy atom. The van der Waals surface area contributed by atoms with Crippen LogP contribution < -0.4 is 10.6 Å². The highest BCUT2D eigenvalue weighted by atomic mass is 16.3. The van der Waals surface area contributed by atoms with Gasteiger partial charge in [-0.25, -0.2) is 9.80 Å². The van der Waals surface area contributed by atoms with Crippen LogP contribution in [0.2, 0.25) is 0 Å². The van der Waals surface area contributed by atoms with Crippen LogP contribution in [0.4, 0.5) is 0 Å². The molecule has 0 radical (unpaired) electrons. The van der Waals surface area contributed by atoms with E-state index in [1.165, 1.54) is 23.4 Å². The van der Waals surface area contributed by atoms with Gasteiger partial charge in [-0.3, -0.25) is 24.2 Å². The highest BCUT2D eigenvalue weighted by Crippen LogP contribution is 2.25. The summed E-state index contributed by atoms with van der Waals surface area (Å²) in [6.45, 7) is 4.10. The molecule has 2 atom stereocenters. The van der Waals surface area contributed by atoms with Crippen LogP contribution in [0.15, 0.2) is 22.8 Å². The van der Waals surface area contributed by atoms with Crippen LogP contribution in [0.1, 0.15) is 62.9 Å². The summed E-state index contributed by atoms with van der Waals surface area (Å²) in [5.41, 5.74) is 9.26. The van der Waals surface area contributed by atoms with Gasteiger partial charge in [-0.1, -0.05) is 13.8 Å². The second-order valence-electron chi connectivity index (χ2n) is 8.69. The summed E-state index contributed by atoms with van der Waals surface area (Å²) in [5.74, 6) is -3.17.